The second kappa shape index (κ2) is 11.2. The fourth-order valence-corrected chi connectivity index (χ4v) is 3.83. The van der Waals surface area contributed by atoms with E-state index in [0.717, 1.165) is 30.8 Å². The molecule has 0 unspecified atom stereocenters. The minimum atomic E-state index is -0.439. The van der Waals surface area contributed by atoms with Crippen LogP contribution < -0.4 is 14.8 Å². The van der Waals surface area contributed by atoms with Crippen LogP contribution >= 0.6 is 11.3 Å². The molecule has 2 aromatic rings. The van der Waals surface area contributed by atoms with Gasteiger partial charge in [0.1, 0.15) is 11.6 Å². The first-order valence-corrected chi connectivity index (χ1v) is 11.1. The van der Waals surface area contributed by atoms with Gasteiger partial charge in [-0.3, -0.25) is 9.59 Å². The summed E-state index contributed by atoms with van der Waals surface area (Å²) in [6.07, 6.45) is 3.56. The second-order valence-corrected chi connectivity index (χ2v) is 7.98. The van der Waals surface area contributed by atoms with Crippen molar-refractivity contribution < 1.29 is 19.1 Å². The topological polar surface area (TPSA) is 91.7 Å². The first-order valence-electron chi connectivity index (χ1n) is 10.2. The Labute approximate surface area is 185 Å². The molecule has 7 nitrogen and oxygen atoms in total. The van der Waals surface area contributed by atoms with E-state index >= 15 is 0 Å². The van der Waals surface area contributed by atoms with Gasteiger partial charge in [-0.15, -0.1) is 11.3 Å². The first-order chi connectivity index (χ1) is 15.1. The van der Waals surface area contributed by atoms with E-state index in [1.807, 2.05) is 30.5 Å². The molecule has 162 valence electrons. The monoisotopic (exact) mass is 439 g/mol. The van der Waals surface area contributed by atoms with Gasteiger partial charge in [0.15, 0.2) is 18.1 Å². The Balaban J connectivity index is 1.68. The van der Waals surface area contributed by atoms with Crippen molar-refractivity contribution in [2.24, 2.45) is 0 Å². The zero-order valence-electron chi connectivity index (χ0n) is 17.4. The standard InChI is InChI=1S/C23H25N3O4S/c1-2-29-21-13-17(7-8-20(21)30-16-22(27)26-9-3-4-10-26)12-18(14-24)23(28)25-15-19-6-5-11-31-19/h5-8,11-13H,2-4,9-10,15-16H2,1H3,(H,25,28)/b18-12+. The molecule has 0 spiro atoms. The predicted molar refractivity (Wildman–Crippen MR) is 119 cm³/mol. The van der Waals surface area contributed by atoms with E-state index < -0.39 is 5.91 Å². The highest BCUT2D eigenvalue weighted by molar-refractivity contribution is 7.09. The van der Waals surface area contributed by atoms with Crippen molar-refractivity contribution in [3.8, 4) is 17.6 Å². The van der Waals surface area contributed by atoms with Crippen molar-refractivity contribution in [3.05, 3.63) is 51.7 Å². The van der Waals surface area contributed by atoms with Crippen LogP contribution in [0.4, 0.5) is 0 Å². The number of nitrogens with zero attached hydrogens (tertiary/aromatic N) is 2. The van der Waals surface area contributed by atoms with Gasteiger partial charge in [-0.25, -0.2) is 0 Å². The molecule has 0 saturated carbocycles. The van der Waals surface area contributed by atoms with E-state index in [9.17, 15) is 14.9 Å². The maximum Gasteiger partial charge on any atom is 0.262 e. The van der Waals surface area contributed by atoms with Crippen LogP contribution in [0, 0.1) is 11.3 Å². The van der Waals surface area contributed by atoms with Gasteiger partial charge in [0.2, 0.25) is 0 Å². The molecule has 0 radical (unpaired) electrons. The summed E-state index contributed by atoms with van der Waals surface area (Å²) in [6, 6.07) is 10.9. The van der Waals surface area contributed by atoms with E-state index in [2.05, 4.69) is 5.32 Å². The molecule has 2 amide bonds. The Morgan fingerprint density at radius 1 is 1.23 bits per heavy atom. The van der Waals surface area contributed by atoms with Crippen molar-refractivity contribution in [3.63, 3.8) is 0 Å². The first kappa shape index (κ1) is 22.4. The molecule has 3 rings (SSSR count). The molecular formula is C23H25N3O4S. The summed E-state index contributed by atoms with van der Waals surface area (Å²) in [7, 11) is 0. The van der Waals surface area contributed by atoms with Crippen LogP contribution in [0.15, 0.2) is 41.3 Å². The summed E-state index contributed by atoms with van der Waals surface area (Å²) in [4.78, 5) is 27.4. The molecule has 8 heteroatoms. The van der Waals surface area contributed by atoms with Gasteiger partial charge in [0.05, 0.1) is 13.2 Å². The van der Waals surface area contributed by atoms with Crippen LogP contribution in [0.2, 0.25) is 0 Å². The van der Waals surface area contributed by atoms with Crippen LogP contribution in [-0.4, -0.2) is 43.0 Å². The number of likely N-dealkylation sites (tertiary alicyclic amines) is 1. The number of hydrogen-bond acceptors (Lipinski definition) is 6. The van der Waals surface area contributed by atoms with Gasteiger partial charge < -0.3 is 19.7 Å². The smallest absolute Gasteiger partial charge is 0.262 e. The Kier molecular flexibility index (Phi) is 8.07. The summed E-state index contributed by atoms with van der Waals surface area (Å²) in [5.74, 6) is 0.428. The van der Waals surface area contributed by atoms with Crippen molar-refractivity contribution in [2.45, 2.75) is 26.3 Å². The van der Waals surface area contributed by atoms with E-state index in [4.69, 9.17) is 9.47 Å². The lowest BCUT2D eigenvalue weighted by Gasteiger charge is -2.17. The SMILES string of the molecule is CCOc1cc(/C=C(\C#N)C(=O)NCc2cccs2)ccc1OCC(=O)N1CCCC1. The molecule has 2 heterocycles. The number of rotatable bonds is 9. The summed E-state index contributed by atoms with van der Waals surface area (Å²) in [5, 5.41) is 14.1. The Morgan fingerprint density at radius 2 is 2.03 bits per heavy atom. The van der Waals surface area contributed by atoms with Crippen LogP contribution in [0.1, 0.15) is 30.2 Å². The number of benzene rings is 1. The molecular weight excluding hydrogens is 414 g/mol. The molecule has 31 heavy (non-hydrogen) atoms. The van der Waals surface area contributed by atoms with Gasteiger partial charge >= 0.3 is 0 Å². The zero-order valence-corrected chi connectivity index (χ0v) is 18.2. The van der Waals surface area contributed by atoms with Gasteiger partial charge in [-0.05, 0) is 55.0 Å². The molecule has 0 atom stereocenters. The minimum Gasteiger partial charge on any atom is -0.490 e. The molecule has 1 fully saturated rings. The summed E-state index contributed by atoms with van der Waals surface area (Å²) >= 11 is 1.54. The van der Waals surface area contributed by atoms with Crippen LogP contribution in [0.3, 0.4) is 0 Å². The highest BCUT2D eigenvalue weighted by Crippen LogP contribution is 2.29. The molecule has 1 N–H and O–H groups in total. The third kappa shape index (κ3) is 6.33. The summed E-state index contributed by atoms with van der Waals surface area (Å²) in [5.41, 5.74) is 0.626. The van der Waals surface area contributed by atoms with E-state index in [1.54, 1.807) is 23.1 Å². The van der Waals surface area contributed by atoms with E-state index in [-0.39, 0.29) is 18.1 Å². The largest absolute Gasteiger partial charge is 0.490 e. The minimum absolute atomic E-state index is 0.00289. The van der Waals surface area contributed by atoms with Crippen molar-refractivity contribution in [1.29, 1.82) is 5.26 Å². The second-order valence-electron chi connectivity index (χ2n) is 6.95. The number of nitriles is 1. The Bertz CT molecular complexity index is 973. The average Bonchev–Trinajstić information content (AvgIpc) is 3.49. The number of hydrogen-bond donors (Lipinski definition) is 1. The highest BCUT2D eigenvalue weighted by Gasteiger charge is 2.19. The summed E-state index contributed by atoms with van der Waals surface area (Å²) in [6.45, 7) is 4.13. The molecule has 0 aliphatic carbocycles. The molecule has 1 aromatic carbocycles. The molecule has 1 aromatic heterocycles. The van der Waals surface area contributed by atoms with Gasteiger partial charge in [-0.1, -0.05) is 12.1 Å². The summed E-state index contributed by atoms with van der Waals surface area (Å²) < 4.78 is 11.3. The van der Waals surface area contributed by atoms with Gasteiger partial charge in [0, 0.05) is 18.0 Å². The number of carbonyl (C=O) groups is 2. The Morgan fingerprint density at radius 3 is 2.71 bits per heavy atom. The van der Waals surface area contributed by atoms with Crippen LogP contribution in [0.25, 0.3) is 6.08 Å². The third-order valence-corrected chi connectivity index (χ3v) is 5.63. The number of ether oxygens (including phenoxy) is 2. The molecule has 1 aliphatic heterocycles. The molecule has 1 aliphatic rings. The third-order valence-electron chi connectivity index (χ3n) is 4.76. The van der Waals surface area contributed by atoms with E-state index in [0.29, 0.717) is 30.2 Å². The maximum atomic E-state index is 12.4. The van der Waals surface area contributed by atoms with Crippen LogP contribution in [-0.2, 0) is 16.1 Å². The van der Waals surface area contributed by atoms with Crippen molar-refractivity contribution in [1.82, 2.24) is 10.2 Å². The van der Waals surface area contributed by atoms with E-state index in [1.165, 1.54) is 17.4 Å². The van der Waals surface area contributed by atoms with Gasteiger partial charge in [0.25, 0.3) is 11.8 Å². The maximum absolute atomic E-state index is 12.4. The fourth-order valence-electron chi connectivity index (χ4n) is 3.19. The lowest BCUT2D eigenvalue weighted by atomic mass is 10.1. The fraction of sp³-hybridized carbons (Fsp3) is 0.348. The molecule has 1 saturated heterocycles. The number of carbonyl (C=O) groups excluding carboxylic acids is 2. The van der Waals surface area contributed by atoms with Crippen molar-refractivity contribution in [2.75, 3.05) is 26.3 Å². The number of amides is 2. The normalized spacial score (nSPS) is 13.5. The lowest BCUT2D eigenvalue weighted by molar-refractivity contribution is -0.132. The predicted octanol–water partition coefficient (Wildman–Crippen LogP) is 3.37. The average molecular weight is 440 g/mol. The highest BCUT2D eigenvalue weighted by atomic mass is 32.1. The lowest BCUT2D eigenvalue weighted by Crippen LogP contribution is -2.32. The quantitative estimate of drug-likeness (QED) is 0.478. The van der Waals surface area contributed by atoms with Gasteiger partial charge in [-0.2, -0.15) is 5.26 Å². The van der Waals surface area contributed by atoms with Crippen molar-refractivity contribution >= 4 is 29.2 Å². The number of nitrogens with one attached hydrogen (secondary N) is 1. The van der Waals surface area contributed by atoms with Crippen LogP contribution in [0.5, 0.6) is 11.5 Å². The Hall–Kier alpha value is -3.31. The zero-order chi connectivity index (χ0) is 22.1. The molecule has 0 bridgehead atoms. The number of thiophene rings is 1.